The molecule has 1 atom stereocenters. The highest BCUT2D eigenvalue weighted by Gasteiger charge is 2.45. The molecule has 1 aromatic rings. The summed E-state index contributed by atoms with van der Waals surface area (Å²) in [4.78, 5) is 0. The first-order valence-electron chi connectivity index (χ1n) is 7.30. The molecular formula is C16H23NO. The van der Waals surface area contributed by atoms with Gasteiger partial charge in [-0.1, -0.05) is 43.2 Å². The average Bonchev–Trinajstić information content (AvgIpc) is 3.15. The molecule has 0 spiro atoms. The van der Waals surface area contributed by atoms with Crippen LogP contribution in [-0.4, -0.2) is 17.7 Å². The molecule has 0 aromatic heterocycles. The van der Waals surface area contributed by atoms with E-state index < -0.39 is 5.60 Å². The lowest BCUT2D eigenvalue weighted by molar-refractivity contribution is 0.0110. The van der Waals surface area contributed by atoms with E-state index in [0.717, 1.165) is 18.4 Å². The maximum absolute atomic E-state index is 11.0. The van der Waals surface area contributed by atoms with Crippen molar-refractivity contribution in [1.82, 2.24) is 5.32 Å². The monoisotopic (exact) mass is 245 g/mol. The first kappa shape index (κ1) is 12.2. The third-order valence-electron chi connectivity index (χ3n) is 4.54. The van der Waals surface area contributed by atoms with Gasteiger partial charge in [-0.25, -0.2) is 0 Å². The quantitative estimate of drug-likeness (QED) is 0.836. The zero-order valence-corrected chi connectivity index (χ0v) is 10.9. The Labute approximate surface area is 109 Å². The molecule has 2 aliphatic carbocycles. The van der Waals surface area contributed by atoms with Crippen LogP contribution in [0.2, 0.25) is 0 Å². The summed E-state index contributed by atoms with van der Waals surface area (Å²) in [5, 5.41) is 14.6. The summed E-state index contributed by atoms with van der Waals surface area (Å²) in [6, 6.07) is 10.8. The van der Waals surface area contributed by atoms with Crippen molar-refractivity contribution in [2.45, 2.75) is 50.2 Å². The van der Waals surface area contributed by atoms with E-state index in [1.807, 2.05) is 18.2 Å². The number of hydrogen-bond donors (Lipinski definition) is 2. The zero-order chi connectivity index (χ0) is 12.4. The molecule has 2 aliphatic rings. The maximum Gasteiger partial charge on any atom is 0.105 e. The van der Waals surface area contributed by atoms with E-state index >= 15 is 0 Å². The second kappa shape index (κ2) is 5.02. The van der Waals surface area contributed by atoms with Gasteiger partial charge in [-0.2, -0.15) is 0 Å². The smallest absolute Gasteiger partial charge is 0.105 e. The molecule has 18 heavy (non-hydrogen) atoms. The van der Waals surface area contributed by atoms with Crippen LogP contribution in [0, 0.1) is 5.92 Å². The predicted molar refractivity (Wildman–Crippen MR) is 73.3 cm³/mol. The molecule has 98 valence electrons. The van der Waals surface area contributed by atoms with Crippen molar-refractivity contribution in [2.24, 2.45) is 5.92 Å². The van der Waals surface area contributed by atoms with E-state index in [1.54, 1.807) is 0 Å². The highest BCUT2D eigenvalue weighted by Crippen LogP contribution is 2.45. The third-order valence-corrected chi connectivity index (χ3v) is 4.54. The van der Waals surface area contributed by atoms with E-state index in [0.29, 0.717) is 18.5 Å². The average molecular weight is 245 g/mol. The largest absolute Gasteiger partial charge is 0.384 e. The lowest BCUT2D eigenvalue weighted by atomic mass is 9.88. The Morgan fingerprint density at radius 1 is 1.06 bits per heavy atom. The molecule has 2 fully saturated rings. The lowest BCUT2D eigenvalue weighted by Gasteiger charge is -2.30. The number of nitrogens with one attached hydrogen (secondary N) is 1. The van der Waals surface area contributed by atoms with Gasteiger partial charge in [0.1, 0.15) is 5.60 Å². The van der Waals surface area contributed by atoms with Crippen LogP contribution in [0.3, 0.4) is 0 Å². The zero-order valence-electron chi connectivity index (χ0n) is 10.9. The summed E-state index contributed by atoms with van der Waals surface area (Å²) in [5.74, 6) is 0.453. The van der Waals surface area contributed by atoms with Gasteiger partial charge in [0.05, 0.1) is 0 Å². The van der Waals surface area contributed by atoms with Gasteiger partial charge in [-0.15, -0.1) is 0 Å². The summed E-state index contributed by atoms with van der Waals surface area (Å²) >= 11 is 0. The van der Waals surface area contributed by atoms with Gasteiger partial charge in [0.15, 0.2) is 0 Å². The van der Waals surface area contributed by atoms with Crippen LogP contribution in [0.5, 0.6) is 0 Å². The minimum absolute atomic E-state index is 0.453. The first-order chi connectivity index (χ1) is 8.79. The molecule has 1 unspecified atom stereocenters. The Hall–Kier alpha value is -0.860. The van der Waals surface area contributed by atoms with Crippen molar-refractivity contribution in [1.29, 1.82) is 0 Å². The Bertz CT molecular complexity index is 381. The van der Waals surface area contributed by atoms with Crippen LogP contribution < -0.4 is 5.32 Å². The fourth-order valence-electron chi connectivity index (χ4n) is 3.20. The maximum atomic E-state index is 11.0. The van der Waals surface area contributed by atoms with E-state index in [-0.39, 0.29) is 0 Å². The number of aliphatic hydroxyl groups is 1. The molecule has 0 aliphatic heterocycles. The Morgan fingerprint density at radius 3 is 2.33 bits per heavy atom. The van der Waals surface area contributed by atoms with Gasteiger partial charge in [0, 0.05) is 12.6 Å². The third kappa shape index (κ3) is 2.45. The van der Waals surface area contributed by atoms with Gasteiger partial charge in [0.2, 0.25) is 0 Å². The summed E-state index contributed by atoms with van der Waals surface area (Å²) < 4.78 is 0. The SMILES string of the molecule is OC(CNC1CCCC1)(c1ccccc1)C1CC1. The molecule has 2 heteroatoms. The minimum Gasteiger partial charge on any atom is -0.384 e. The van der Waals surface area contributed by atoms with Crippen molar-refractivity contribution >= 4 is 0 Å². The van der Waals surface area contributed by atoms with Crippen molar-refractivity contribution in [3.63, 3.8) is 0 Å². The molecule has 0 bridgehead atoms. The van der Waals surface area contributed by atoms with Crippen LogP contribution in [0.4, 0.5) is 0 Å². The lowest BCUT2D eigenvalue weighted by Crippen LogP contribution is -2.43. The Morgan fingerprint density at radius 2 is 1.72 bits per heavy atom. The fraction of sp³-hybridized carbons (Fsp3) is 0.625. The molecule has 0 saturated heterocycles. The topological polar surface area (TPSA) is 32.3 Å². The van der Waals surface area contributed by atoms with Gasteiger partial charge >= 0.3 is 0 Å². The van der Waals surface area contributed by atoms with Crippen molar-refractivity contribution in [3.05, 3.63) is 35.9 Å². The van der Waals surface area contributed by atoms with Gasteiger partial charge in [0.25, 0.3) is 0 Å². The normalized spacial score (nSPS) is 24.1. The van der Waals surface area contributed by atoms with Crippen LogP contribution in [0.25, 0.3) is 0 Å². The van der Waals surface area contributed by atoms with E-state index in [1.165, 1.54) is 25.7 Å². The fourth-order valence-corrected chi connectivity index (χ4v) is 3.20. The van der Waals surface area contributed by atoms with Crippen LogP contribution >= 0.6 is 0 Å². The molecule has 3 rings (SSSR count). The van der Waals surface area contributed by atoms with Crippen LogP contribution in [0.15, 0.2) is 30.3 Å². The second-order valence-corrected chi connectivity index (χ2v) is 5.93. The van der Waals surface area contributed by atoms with Crippen LogP contribution in [-0.2, 0) is 5.60 Å². The summed E-state index contributed by atoms with van der Waals surface area (Å²) in [7, 11) is 0. The van der Waals surface area contributed by atoms with Crippen molar-refractivity contribution in [3.8, 4) is 0 Å². The molecule has 2 nitrogen and oxygen atoms in total. The van der Waals surface area contributed by atoms with E-state index in [4.69, 9.17) is 0 Å². The van der Waals surface area contributed by atoms with Gasteiger partial charge in [-0.3, -0.25) is 0 Å². The molecule has 0 heterocycles. The molecule has 0 amide bonds. The summed E-state index contributed by atoms with van der Waals surface area (Å²) in [5.41, 5.74) is 0.433. The molecule has 2 N–H and O–H groups in total. The summed E-state index contributed by atoms with van der Waals surface area (Å²) in [6.07, 6.45) is 7.55. The van der Waals surface area contributed by atoms with Crippen molar-refractivity contribution in [2.75, 3.05) is 6.54 Å². The van der Waals surface area contributed by atoms with Gasteiger partial charge in [-0.05, 0) is 37.2 Å². The first-order valence-corrected chi connectivity index (χ1v) is 7.30. The predicted octanol–water partition coefficient (Wildman–Crippen LogP) is 2.82. The van der Waals surface area contributed by atoms with Crippen LogP contribution in [0.1, 0.15) is 44.1 Å². The summed E-state index contributed by atoms with van der Waals surface area (Å²) in [6.45, 7) is 0.715. The van der Waals surface area contributed by atoms with Crippen molar-refractivity contribution < 1.29 is 5.11 Å². The molecular weight excluding hydrogens is 222 g/mol. The molecule has 2 saturated carbocycles. The highest BCUT2D eigenvalue weighted by molar-refractivity contribution is 5.25. The van der Waals surface area contributed by atoms with Gasteiger partial charge < -0.3 is 10.4 Å². The number of benzene rings is 1. The molecule has 0 radical (unpaired) electrons. The van der Waals surface area contributed by atoms with E-state index in [9.17, 15) is 5.11 Å². The second-order valence-electron chi connectivity index (χ2n) is 5.93. The number of hydrogen-bond acceptors (Lipinski definition) is 2. The molecule has 1 aromatic carbocycles. The van der Waals surface area contributed by atoms with E-state index in [2.05, 4.69) is 17.4 Å². The Kier molecular flexibility index (Phi) is 3.40. The standard InChI is InChI=1S/C16H23NO/c18-16(14-10-11-14,13-6-2-1-3-7-13)12-17-15-8-4-5-9-15/h1-3,6-7,14-15,17-18H,4-5,8-12H2. The minimum atomic E-state index is -0.649. The Balaban J connectivity index is 1.70. The number of rotatable bonds is 5. The highest BCUT2D eigenvalue weighted by atomic mass is 16.3.